The van der Waals surface area contributed by atoms with Crippen LogP contribution in [0.25, 0.3) is 0 Å². The monoisotopic (exact) mass is 266 g/mol. The SMILES string of the molecule is NC(=C1C(=NCC(=O)O)C(F)(F)[C@@H]2C[C@H]12)C(F)F. The van der Waals surface area contributed by atoms with Crippen LogP contribution in [0.2, 0.25) is 0 Å². The Morgan fingerprint density at radius 1 is 1.56 bits per heavy atom. The van der Waals surface area contributed by atoms with Crippen LogP contribution in [0.4, 0.5) is 17.6 Å². The number of nitrogens with zero attached hydrogens (tertiary/aromatic N) is 1. The van der Waals surface area contributed by atoms with Crippen molar-refractivity contribution in [1.29, 1.82) is 0 Å². The number of hydrogen-bond donors (Lipinski definition) is 2. The zero-order valence-electron chi connectivity index (χ0n) is 9.04. The van der Waals surface area contributed by atoms with Gasteiger partial charge in [-0.15, -0.1) is 0 Å². The molecule has 0 aromatic heterocycles. The number of carboxylic acid groups (broad SMARTS) is 1. The van der Waals surface area contributed by atoms with Gasteiger partial charge in [-0.3, -0.25) is 9.79 Å². The molecule has 0 saturated heterocycles. The topological polar surface area (TPSA) is 75.7 Å². The second kappa shape index (κ2) is 3.96. The number of carbonyl (C=O) groups is 1. The van der Waals surface area contributed by atoms with E-state index in [4.69, 9.17) is 10.8 Å². The predicted molar refractivity (Wildman–Crippen MR) is 53.7 cm³/mol. The summed E-state index contributed by atoms with van der Waals surface area (Å²) in [6, 6.07) is 0. The van der Waals surface area contributed by atoms with Gasteiger partial charge in [0.25, 0.3) is 12.3 Å². The molecule has 2 fully saturated rings. The molecule has 100 valence electrons. The van der Waals surface area contributed by atoms with Crippen LogP contribution in [0.15, 0.2) is 16.3 Å². The van der Waals surface area contributed by atoms with E-state index in [9.17, 15) is 22.4 Å². The van der Waals surface area contributed by atoms with E-state index in [0.717, 1.165) is 0 Å². The molecule has 2 atom stereocenters. The van der Waals surface area contributed by atoms with Crippen LogP contribution in [-0.4, -0.2) is 35.7 Å². The Labute approximate surface area is 99.2 Å². The van der Waals surface area contributed by atoms with Gasteiger partial charge in [0.2, 0.25) is 0 Å². The van der Waals surface area contributed by atoms with Crippen LogP contribution in [0, 0.1) is 11.8 Å². The van der Waals surface area contributed by atoms with Gasteiger partial charge in [0, 0.05) is 11.5 Å². The Morgan fingerprint density at radius 2 is 2.17 bits per heavy atom. The Balaban J connectivity index is 2.42. The van der Waals surface area contributed by atoms with Gasteiger partial charge in [-0.25, -0.2) is 8.78 Å². The van der Waals surface area contributed by atoms with E-state index >= 15 is 0 Å². The van der Waals surface area contributed by atoms with Crippen LogP contribution < -0.4 is 5.73 Å². The molecule has 8 heteroatoms. The lowest BCUT2D eigenvalue weighted by Crippen LogP contribution is -2.30. The fraction of sp³-hybridized carbons (Fsp3) is 0.600. The van der Waals surface area contributed by atoms with Gasteiger partial charge in [-0.2, -0.15) is 8.78 Å². The van der Waals surface area contributed by atoms with Gasteiger partial charge in [-0.05, 0) is 12.3 Å². The fourth-order valence-corrected chi connectivity index (χ4v) is 2.25. The lowest BCUT2D eigenvalue weighted by molar-refractivity contribution is -0.135. The van der Waals surface area contributed by atoms with Crippen LogP contribution >= 0.6 is 0 Å². The number of fused-ring (bicyclic) bond motifs is 1. The zero-order chi connectivity index (χ0) is 13.7. The Kier molecular flexibility index (Phi) is 2.83. The highest BCUT2D eigenvalue weighted by atomic mass is 19.3. The second-order valence-electron chi connectivity index (χ2n) is 4.30. The number of carboxylic acids is 1. The van der Waals surface area contributed by atoms with Crippen LogP contribution in [0.1, 0.15) is 6.42 Å². The lowest BCUT2D eigenvalue weighted by atomic mass is 10.0. The minimum atomic E-state index is -3.37. The molecular weight excluding hydrogens is 256 g/mol. The van der Waals surface area contributed by atoms with Gasteiger partial charge < -0.3 is 10.8 Å². The van der Waals surface area contributed by atoms with E-state index in [2.05, 4.69) is 4.99 Å². The van der Waals surface area contributed by atoms with Gasteiger partial charge in [0.05, 0.1) is 5.70 Å². The summed E-state index contributed by atoms with van der Waals surface area (Å²) in [6.45, 7) is -0.885. The third-order valence-corrected chi connectivity index (χ3v) is 3.12. The molecule has 0 amide bonds. The molecule has 2 saturated carbocycles. The maximum atomic E-state index is 13.7. The first-order chi connectivity index (χ1) is 8.26. The number of allylic oxidation sites excluding steroid dienone is 2. The summed E-state index contributed by atoms with van der Waals surface area (Å²) in [4.78, 5) is 13.6. The normalized spacial score (nSPS) is 33.7. The maximum Gasteiger partial charge on any atom is 0.325 e. The number of rotatable bonds is 3. The first kappa shape index (κ1) is 12.8. The molecule has 2 aliphatic carbocycles. The number of aliphatic carboxylic acids is 1. The highest BCUT2D eigenvalue weighted by molar-refractivity contribution is 6.10. The van der Waals surface area contributed by atoms with E-state index in [1.807, 2.05) is 0 Å². The van der Waals surface area contributed by atoms with Crippen molar-refractivity contribution in [3.63, 3.8) is 0 Å². The summed E-state index contributed by atoms with van der Waals surface area (Å²) in [6.07, 6.45) is -2.97. The van der Waals surface area contributed by atoms with Crippen molar-refractivity contribution in [2.24, 2.45) is 22.6 Å². The fourth-order valence-electron chi connectivity index (χ4n) is 2.25. The number of halogens is 4. The standard InChI is InChI=1S/C10H10F4N2O2/c11-9(12)7(15)6-3-1-4(3)10(13,14)8(6)16-2-5(17)18/h3-4,9H,1-2,15H2,(H,17,18)/t3-,4+/m0/s1. The van der Waals surface area contributed by atoms with Crippen LogP contribution in [-0.2, 0) is 4.79 Å². The van der Waals surface area contributed by atoms with E-state index in [1.54, 1.807) is 0 Å². The minimum absolute atomic E-state index is 0.0852. The molecule has 0 aromatic rings. The minimum Gasteiger partial charge on any atom is -0.480 e. The number of aliphatic imine (C=N–C) groups is 1. The highest BCUT2D eigenvalue weighted by Gasteiger charge is 2.67. The van der Waals surface area contributed by atoms with Crippen molar-refractivity contribution in [3.05, 3.63) is 11.3 Å². The van der Waals surface area contributed by atoms with Gasteiger partial charge >= 0.3 is 5.97 Å². The summed E-state index contributed by atoms with van der Waals surface area (Å²) >= 11 is 0. The maximum absolute atomic E-state index is 13.7. The first-order valence-corrected chi connectivity index (χ1v) is 5.19. The van der Waals surface area contributed by atoms with Crippen LogP contribution in [0.5, 0.6) is 0 Å². The molecule has 0 bridgehead atoms. The summed E-state index contributed by atoms with van der Waals surface area (Å²) in [7, 11) is 0. The molecule has 0 heterocycles. The molecular formula is C10H10F4N2O2. The molecule has 0 unspecified atom stereocenters. The predicted octanol–water partition coefficient (Wildman–Crippen LogP) is 1.27. The van der Waals surface area contributed by atoms with Crippen molar-refractivity contribution in [2.75, 3.05) is 6.54 Å². The third kappa shape index (κ3) is 1.85. The van der Waals surface area contributed by atoms with E-state index in [0.29, 0.717) is 0 Å². The van der Waals surface area contributed by atoms with E-state index in [-0.39, 0.29) is 12.0 Å². The largest absolute Gasteiger partial charge is 0.480 e. The Hall–Kier alpha value is -1.60. The zero-order valence-corrected chi connectivity index (χ0v) is 9.04. The van der Waals surface area contributed by atoms with Gasteiger partial charge in [-0.1, -0.05) is 0 Å². The molecule has 18 heavy (non-hydrogen) atoms. The number of nitrogens with two attached hydrogens (primary N) is 1. The summed E-state index contributed by atoms with van der Waals surface area (Å²) < 4.78 is 52.4. The second-order valence-corrected chi connectivity index (χ2v) is 4.30. The molecule has 3 N–H and O–H groups in total. The molecule has 0 aliphatic heterocycles. The summed E-state index contributed by atoms with van der Waals surface area (Å²) in [5.41, 5.74) is 2.95. The molecule has 0 aromatic carbocycles. The average molecular weight is 266 g/mol. The van der Waals surface area contributed by atoms with Crippen molar-refractivity contribution in [1.82, 2.24) is 0 Å². The van der Waals surface area contributed by atoms with Crippen molar-refractivity contribution >= 4 is 11.7 Å². The summed E-state index contributed by atoms with van der Waals surface area (Å²) in [5.74, 6) is -6.57. The lowest BCUT2D eigenvalue weighted by Gasteiger charge is -2.15. The van der Waals surface area contributed by atoms with Crippen molar-refractivity contribution in [3.8, 4) is 0 Å². The number of alkyl halides is 4. The smallest absolute Gasteiger partial charge is 0.325 e. The first-order valence-electron chi connectivity index (χ1n) is 5.19. The van der Waals surface area contributed by atoms with E-state index in [1.165, 1.54) is 0 Å². The van der Waals surface area contributed by atoms with Crippen molar-refractivity contribution < 1.29 is 27.5 Å². The van der Waals surface area contributed by atoms with Gasteiger partial charge in [0.15, 0.2) is 0 Å². The molecule has 4 nitrogen and oxygen atoms in total. The van der Waals surface area contributed by atoms with Gasteiger partial charge in [0.1, 0.15) is 12.3 Å². The van der Waals surface area contributed by atoms with E-state index < -0.39 is 48.1 Å². The summed E-state index contributed by atoms with van der Waals surface area (Å²) in [5, 5.41) is 8.41. The molecule has 0 radical (unpaired) electrons. The molecule has 2 aliphatic rings. The quantitative estimate of drug-likeness (QED) is 0.755. The average Bonchev–Trinajstić information content (AvgIpc) is 2.98. The molecule has 0 spiro atoms. The van der Waals surface area contributed by atoms with Crippen LogP contribution in [0.3, 0.4) is 0 Å². The highest BCUT2D eigenvalue weighted by Crippen LogP contribution is 2.61. The Bertz CT molecular complexity index is 459. The van der Waals surface area contributed by atoms with Crippen molar-refractivity contribution in [2.45, 2.75) is 18.8 Å². The molecule has 2 rings (SSSR count). The number of hydrogen-bond acceptors (Lipinski definition) is 3. The third-order valence-electron chi connectivity index (χ3n) is 3.12. The Morgan fingerprint density at radius 3 is 2.67 bits per heavy atom.